The third kappa shape index (κ3) is 2.01. The van der Waals surface area contributed by atoms with Crippen LogP contribution in [0, 0.1) is 0 Å². The number of rotatable bonds is 2. The van der Waals surface area contributed by atoms with E-state index in [9.17, 15) is 9.59 Å². The minimum Gasteiger partial charge on any atom is -0.355 e. The quantitative estimate of drug-likeness (QED) is 0.785. The number of ether oxygens (including phenoxy) is 1. The average molecular weight is 324 g/mol. The summed E-state index contributed by atoms with van der Waals surface area (Å²) in [5.41, 5.74) is 1.68. The van der Waals surface area contributed by atoms with Crippen molar-refractivity contribution in [2.75, 3.05) is 4.90 Å². The molecule has 2 fully saturated rings. The Morgan fingerprint density at radius 1 is 1.26 bits per heavy atom. The number of carbonyl (C=O) groups is 2. The molecule has 2 saturated heterocycles. The van der Waals surface area contributed by atoms with Crippen molar-refractivity contribution in [1.82, 2.24) is 0 Å². The van der Waals surface area contributed by atoms with Gasteiger partial charge in [0.15, 0.2) is 0 Å². The average Bonchev–Trinajstić information content (AvgIpc) is 2.85. The van der Waals surface area contributed by atoms with E-state index in [1.54, 1.807) is 0 Å². The second kappa shape index (κ2) is 4.72. The first kappa shape index (κ1) is 12.8. The first-order chi connectivity index (χ1) is 9.11. The highest BCUT2D eigenvalue weighted by Crippen LogP contribution is 2.34. The zero-order valence-corrected chi connectivity index (χ0v) is 12.1. The normalized spacial score (nSPS) is 26.1. The largest absolute Gasteiger partial charge is 0.355 e. The van der Waals surface area contributed by atoms with Crippen molar-refractivity contribution in [2.45, 2.75) is 38.4 Å². The Morgan fingerprint density at radius 3 is 2.47 bits per heavy atom. The number of carbonyl (C=O) groups excluding carboxylic acids is 2. The molecule has 0 spiro atoms. The van der Waals surface area contributed by atoms with Crippen molar-refractivity contribution < 1.29 is 14.3 Å². The number of morpholine rings is 1. The summed E-state index contributed by atoms with van der Waals surface area (Å²) in [5, 5.41) is 0. The molecule has 19 heavy (non-hydrogen) atoms. The zero-order valence-electron chi connectivity index (χ0n) is 10.6. The Kier molecular flexibility index (Phi) is 3.19. The van der Waals surface area contributed by atoms with E-state index in [0.717, 1.165) is 16.5 Å². The molecule has 0 N–H and O–H groups in total. The van der Waals surface area contributed by atoms with Crippen molar-refractivity contribution in [3.63, 3.8) is 0 Å². The van der Waals surface area contributed by atoms with Crippen LogP contribution in [-0.2, 0) is 20.7 Å². The smallest absolute Gasteiger partial charge is 0.262 e. The van der Waals surface area contributed by atoms with Crippen molar-refractivity contribution >= 4 is 33.4 Å². The van der Waals surface area contributed by atoms with Crippen LogP contribution in [0.3, 0.4) is 0 Å². The molecule has 2 aliphatic heterocycles. The molecule has 5 heteroatoms. The van der Waals surface area contributed by atoms with Gasteiger partial charge in [0.05, 0.1) is 5.69 Å². The van der Waals surface area contributed by atoms with Crippen molar-refractivity contribution in [3.05, 3.63) is 28.2 Å². The first-order valence-corrected chi connectivity index (χ1v) is 7.22. The van der Waals surface area contributed by atoms with E-state index in [1.165, 1.54) is 4.90 Å². The molecule has 1 aromatic rings. The number of anilines is 1. The Bertz CT molecular complexity index is 536. The molecule has 0 aromatic heterocycles. The highest BCUT2D eigenvalue weighted by Gasteiger charge is 2.47. The maximum absolute atomic E-state index is 12.3. The molecule has 2 bridgehead atoms. The number of benzene rings is 1. The van der Waals surface area contributed by atoms with Crippen molar-refractivity contribution in [3.8, 4) is 0 Å². The fraction of sp³-hybridized carbons (Fsp3) is 0.429. The molecule has 1 aromatic carbocycles. The van der Waals surface area contributed by atoms with Gasteiger partial charge in [-0.2, -0.15) is 0 Å². The standard InChI is InChI=1S/C14H14BrNO3/c1-2-8-7-9(15)3-4-10(8)16-13(17)11-5-6-12(19-11)14(16)18/h3-4,7,11-12H,2,5-6H2,1H3. The van der Waals surface area contributed by atoms with E-state index >= 15 is 0 Å². The predicted octanol–water partition coefficient (Wildman–Crippen LogP) is 2.43. The summed E-state index contributed by atoms with van der Waals surface area (Å²) in [7, 11) is 0. The minimum absolute atomic E-state index is 0.226. The molecule has 2 amide bonds. The summed E-state index contributed by atoms with van der Waals surface area (Å²) in [6.07, 6.45) is 1.15. The van der Waals surface area contributed by atoms with Gasteiger partial charge in [-0.1, -0.05) is 22.9 Å². The summed E-state index contributed by atoms with van der Waals surface area (Å²) in [6.45, 7) is 2.01. The van der Waals surface area contributed by atoms with Gasteiger partial charge in [-0.15, -0.1) is 0 Å². The number of nitrogens with zero attached hydrogens (tertiary/aromatic N) is 1. The van der Waals surface area contributed by atoms with Gasteiger partial charge in [0.1, 0.15) is 12.2 Å². The van der Waals surface area contributed by atoms with Gasteiger partial charge in [0, 0.05) is 4.47 Å². The van der Waals surface area contributed by atoms with Gasteiger partial charge < -0.3 is 4.74 Å². The molecule has 100 valence electrons. The molecule has 2 atom stereocenters. The van der Waals surface area contributed by atoms with Crippen molar-refractivity contribution in [1.29, 1.82) is 0 Å². The third-order valence-electron chi connectivity index (χ3n) is 3.67. The highest BCUT2D eigenvalue weighted by molar-refractivity contribution is 9.10. The number of hydrogen-bond donors (Lipinski definition) is 0. The van der Waals surface area contributed by atoms with Gasteiger partial charge in [0.25, 0.3) is 11.8 Å². The number of hydrogen-bond acceptors (Lipinski definition) is 3. The fourth-order valence-corrected chi connectivity index (χ4v) is 3.10. The van der Waals surface area contributed by atoms with Crippen LogP contribution in [0.2, 0.25) is 0 Å². The Labute approximate surface area is 119 Å². The maximum Gasteiger partial charge on any atom is 0.262 e. The number of aryl methyl sites for hydroxylation is 1. The summed E-state index contributed by atoms with van der Waals surface area (Å²) >= 11 is 3.41. The van der Waals surface area contributed by atoms with E-state index in [-0.39, 0.29) is 11.8 Å². The third-order valence-corrected chi connectivity index (χ3v) is 4.17. The van der Waals surface area contributed by atoms with Gasteiger partial charge in [-0.25, -0.2) is 4.90 Å². The van der Waals surface area contributed by atoms with E-state index in [0.29, 0.717) is 18.5 Å². The van der Waals surface area contributed by atoms with Crippen LogP contribution in [-0.4, -0.2) is 24.0 Å². The van der Waals surface area contributed by atoms with Crippen LogP contribution in [0.25, 0.3) is 0 Å². The lowest BCUT2D eigenvalue weighted by Gasteiger charge is -2.31. The maximum atomic E-state index is 12.3. The molecule has 2 aliphatic rings. The number of amides is 2. The zero-order chi connectivity index (χ0) is 13.6. The summed E-state index contributed by atoms with van der Waals surface area (Å²) in [6, 6.07) is 5.63. The second-order valence-electron chi connectivity index (χ2n) is 4.83. The van der Waals surface area contributed by atoms with E-state index in [4.69, 9.17) is 4.74 Å². The summed E-state index contributed by atoms with van der Waals surface area (Å²) < 4.78 is 6.37. The van der Waals surface area contributed by atoms with Gasteiger partial charge in [-0.3, -0.25) is 9.59 Å². The van der Waals surface area contributed by atoms with Crippen LogP contribution < -0.4 is 4.90 Å². The van der Waals surface area contributed by atoms with Crippen LogP contribution in [0.15, 0.2) is 22.7 Å². The van der Waals surface area contributed by atoms with Crippen LogP contribution in [0.4, 0.5) is 5.69 Å². The lowest BCUT2D eigenvalue weighted by molar-refractivity contribution is -0.146. The number of fused-ring (bicyclic) bond motifs is 2. The Balaban J connectivity index is 2.06. The monoisotopic (exact) mass is 323 g/mol. The van der Waals surface area contributed by atoms with Gasteiger partial charge in [-0.05, 0) is 43.0 Å². The number of imide groups is 1. The molecule has 2 heterocycles. The molecular weight excluding hydrogens is 310 g/mol. The Hall–Kier alpha value is -1.20. The fourth-order valence-electron chi connectivity index (χ4n) is 2.69. The molecule has 4 nitrogen and oxygen atoms in total. The predicted molar refractivity (Wildman–Crippen MR) is 73.9 cm³/mol. The molecule has 0 radical (unpaired) electrons. The molecule has 0 saturated carbocycles. The van der Waals surface area contributed by atoms with Crippen molar-refractivity contribution in [2.24, 2.45) is 0 Å². The second-order valence-corrected chi connectivity index (χ2v) is 5.74. The lowest BCUT2D eigenvalue weighted by atomic mass is 10.1. The topological polar surface area (TPSA) is 46.6 Å². The summed E-state index contributed by atoms with van der Waals surface area (Å²) in [4.78, 5) is 25.9. The SMILES string of the molecule is CCc1cc(Br)ccc1N1C(=O)C2CCC(O2)C1=O. The molecule has 0 aliphatic carbocycles. The first-order valence-electron chi connectivity index (χ1n) is 6.43. The van der Waals surface area contributed by atoms with Gasteiger partial charge >= 0.3 is 0 Å². The molecule has 2 unspecified atom stereocenters. The molecule has 3 rings (SSSR count). The minimum atomic E-state index is -0.448. The van der Waals surface area contributed by atoms with Crippen LogP contribution in [0.5, 0.6) is 0 Å². The van der Waals surface area contributed by atoms with Gasteiger partial charge in [0.2, 0.25) is 0 Å². The van der Waals surface area contributed by atoms with E-state index in [1.807, 2.05) is 25.1 Å². The highest BCUT2D eigenvalue weighted by atomic mass is 79.9. The van der Waals surface area contributed by atoms with Crippen LogP contribution >= 0.6 is 15.9 Å². The molecular formula is C14H14BrNO3. The van der Waals surface area contributed by atoms with E-state index < -0.39 is 12.2 Å². The Morgan fingerprint density at radius 2 is 1.89 bits per heavy atom. The van der Waals surface area contributed by atoms with Crippen LogP contribution in [0.1, 0.15) is 25.3 Å². The summed E-state index contributed by atoms with van der Waals surface area (Å²) in [5.74, 6) is -0.452. The van der Waals surface area contributed by atoms with E-state index in [2.05, 4.69) is 15.9 Å². The lowest BCUT2D eigenvalue weighted by Crippen LogP contribution is -2.52. The number of halogens is 1.